The Morgan fingerprint density at radius 3 is 2.24 bits per heavy atom. The molecule has 0 bridgehead atoms. The SMILES string of the molecule is [c]1ccccc1-c1ccc2oc3ccc(-c4cccnc4)cc3c2c1. The molecule has 2 heterocycles. The molecule has 0 aliphatic carbocycles. The minimum absolute atomic E-state index is 0.900. The van der Waals surface area contributed by atoms with E-state index < -0.39 is 0 Å². The van der Waals surface area contributed by atoms with Crippen LogP contribution in [0.1, 0.15) is 0 Å². The molecule has 0 N–H and O–H groups in total. The van der Waals surface area contributed by atoms with Crippen LogP contribution in [0, 0.1) is 6.07 Å². The van der Waals surface area contributed by atoms with Gasteiger partial charge in [-0.15, -0.1) is 0 Å². The van der Waals surface area contributed by atoms with Gasteiger partial charge in [-0.1, -0.05) is 42.5 Å². The second-order valence-electron chi connectivity index (χ2n) is 6.04. The van der Waals surface area contributed by atoms with Crippen LogP contribution in [-0.4, -0.2) is 4.98 Å². The Balaban J connectivity index is 1.73. The van der Waals surface area contributed by atoms with Gasteiger partial charge in [0.2, 0.25) is 0 Å². The maximum Gasteiger partial charge on any atom is 0.135 e. The van der Waals surface area contributed by atoms with Gasteiger partial charge in [0.15, 0.2) is 0 Å². The summed E-state index contributed by atoms with van der Waals surface area (Å²) in [5.41, 5.74) is 6.27. The molecule has 117 valence electrons. The van der Waals surface area contributed by atoms with E-state index in [-0.39, 0.29) is 0 Å². The van der Waals surface area contributed by atoms with Gasteiger partial charge in [0.05, 0.1) is 0 Å². The standard InChI is InChI=1S/C23H14NO/c1-2-5-16(6-3-1)17-8-10-22-20(13-17)21-14-18(9-11-23(21)25-22)19-7-4-12-24-15-19/h1-5,7-15H. The number of fused-ring (bicyclic) bond motifs is 3. The van der Waals surface area contributed by atoms with Crippen molar-refractivity contribution in [3.05, 3.63) is 91.3 Å². The Morgan fingerprint density at radius 1 is 0.720 bits per heavy atom. The highest BCUT2D eigenvalue weighted by Crippen LogP contribution is 2.34. The van der Waals surface area contributed by atoms with Gasteiger partial charge in [-0.25, -0.2) is 0 Å². The quantitative estimate of drug-likeness (QED) is 0.392. The fraction of sp³-hybridized carbons (Fsp3) is 0. The highest BCUT2D eigenvalue weighted by molar-refractivity contribution is 6.07. The van der Waals surface area contributed by atoms with Crippen LogP contribution in [0.5, 0.6) is 0 Å². The molecule has 25 heavy (non-hydrogen) atoms. The van der Waals surface area contributed by atoms with E-state index in [4.69, 9.17) is 4.42 Å². The molecule has 1 radical (unpaired) electrons. The van der Waals surface area contributed by atoms with Crippen LogP contribution in [0.4, 0.5) is 0 Å². The van der Waals surface area contributed by atoms with Crippen molar-refractivity contribution in [1.29, 1.82) is 0 Å². The molecule has 0 amide bonds. The lowest BCUT2D eigenvalue weighted by atomic mass is 10.0. The van der Waals surface area contributed by atoms with Crippen LogP contribution in [0.25, 0.3) is 44.2 Å². The normalized spacial score (nSPS) is 11.2. The number of benzene rings is 3. The second kappa shape index (κ2) is 5.60. The summed E-state index contributed by atoms with van der Waals surface area (Å²) in [5, 5.41) is 2.24. The van der Waals surface area contributed by atoms with Crippen LogP contribution in [0.2, 0.25) is 0 Å². The van der Waals surface area contributed by atoms with Gasteiger partial charge in [-0.05, 0) is 53.1 Å². The lowest BCUT2D eigenvalue weighted by molar-refractivity contribution is 0.669. The molecule has 0 aliphatic rings. The first-order chi connectivity index (χ1) is 12.4. The van der Waals surface area contributed by atoms with Crippen molar-refractivity contribution in [2.24, 2.45) is 0 Å². The third-order valence-electron chi connectivity index (χ3n) is 4.48. The minimum atomic E-state index is 0.900. The number of nitrogens with zero attached hydrogens (tertiary/aromatic N) is 1. The fourth-order valence-electron chi connectivity index (χ4n) is 3.23. The molecule has 0 fully saturated rings. The Hall–Kier alpha value is -3.39. The van der Waals surface area contributed by atoms with Gasteiger partial charge in [-0.3, -0.25) is 4.98 Å². The van der Waals surface area contributed by atoms with E-state index in [0.717, 1.165) is 44.2 Å². The van der Waals surface area contributed by atoms with Crippen LogP contribution in [0.3, 0.4) is 0 Å². The predicted molar refractivity (Wildman–Crippen MR) is 101 cm³/mol. The molecular formula is C23H14NO. The molecule has 5 rings (SSSR count). The first-order valence-corrected chi connectivity index (χ1v) is 8.22. The summed E-state index contributed by atoms with van der Waals surface area (Å²) in [7, 11) is 0. The third-order valence-corrected chi connectivity index (χ3v) is 4.48. The zero-order valence-electron chi connectivity index (χ0n) is 13.4. The van der Waals surface area contributed by atoms with E-state index in [2.05, 4.69) is 47.4 Å². The molecule has 0 aliphatic heterocycles. The highest BCUT2D eigenvalue weighted by Gasteiger charge is 2.10. The van der Waals surface area contributed by atoms with Crippen molar-refractivity contribution in [2.75, 3.05) is 0 Å². The van der Waals surface area contributed by atoms with E-state index in [0.29, 0.717) is 0 Å². The third kappa shape index (κ3) is 2.39. The molecule has 0 unspecified atom stereocenters. The fourth-order valence-corrected chi connectivity index (χ4v) is 3.23. The van der Waals surface area contributed by atoms with Crippen molar-refractivity contribution in [3.8, 4) is 22.3 Å². The van der Waals surface area contributed by atoms with Crippen LogP contribution < -0.4 is 0 Å². The molecule has 0 spiro atoms. The number of pyridine rings is 1. The smallest absolute Gasteiger partial charge is 0.135 e. The maximum absolute atomic E-state index is 6.01. The Bertz CT molecular complexity index is 1080. The summed E-state index contributed by atoms with van der Waals surface area (Å²) in [5.74, 6) is 0. The van der Waals surface area contributed by atoms with Crippen molar-refractivity contribution in [3.63, 3.8) is 0 Å². The summed E-state index contributed by atoms with van der Waals surface area (Å²) < 4.78 is 6.01. The van der Waals surface area contributed by atoms with Gasteiger partial charge >= 0.3 is 0 Å². The molecule has 3 aromatic carbocycles. The lowest BCUT2D eigenvalue weighted by Crippen LogP contribution is -1.79. The minimum Gasteiger partial charge on any atom is -0.456 e. The Kier molecular flexibility index (Phi) is 3.14. The van der Waals surface area contributed by atoms with Crippen molar-refractivity contribution < 1.29 is 4.42 Å². The van der Waals surface area contributed by atoms with Gasteiger partial charge in [-0.2, -0.15) is 0 Å². The van der Waals surface area contributed by atoms with Gasteiger partial charge in [0, 0.05) is 28.7 Å². The summed E-state index contributed by atoms with van der Waals surface area (Å²) in [6.07, 6.45) is 3.67. The summed E-state index contributed by atoms with van der Waals surface area (Å²) in [4.78, 5) is 4.22. The number of aromatic nitrogens is 1. The first-order valence-electron chi connectivity index (χ1n) is 8.22. The Labute approximate surface area is 145 Å². The van der Waals surface area contributed by atoms with Gasteiger partial charge in [0.1, 0.15) is 11.2 Å². The van der Waals surface area contributed by atoms with Gasteiger partial charge < -0.3 is 4.42 Å². The van der Waals surface area contributed by atoms with Crippen LogP contribution in [-0.2, 0) is 0 Å². The molecule has 0 atom stereocenters. The largest absolute Gasteiger partial charge is 0.456 e. The maximum atomic E-state index is 6.01. The number of hydrogen-bond donors (Lipinski definition) is 0. The molecule has 0 saturated heterocycles. The number of rotatable bonds is 2. The van der Waals surface area contributed by atoms with Gasteiger partial charge in [0.25, 0.3) is 0 Å². The first kappa shape index (κ1) is 14.0. The van der Waals surface area contributed by atoms with E-state index in [1.165, 1.54) is 0 Å². The molecule has 2 nitrogen and oxygen atoms in total. The molecule has 0 saturated carbocycles. The summed E-state index contributed by atoms with van der Waals surface area (Å²) >= 11 is 0. The summed E-state index contributed by atoms with van der Waals surface area (Å²) in [6.45, 7) is 0. The average Bonchev–Trinajstić information content (AvgIpc) is 3.06. The van der Waals surface area contributed by atoms with Crippen LogP contribution in [0.15, 0.2) is 89.6 Å². The Morgan fingerprint density at radius 2 is 1.52 bits per heavy atom. The average molecular weight is 320 g/mol. The van der Waals surface area contributed by atoms with E-state index in [1.807, 2.05) is 42.6 Å². The van der Waals surface area contributed by atoms with E-state index in [9.17, 15) is 0 Å². The van der Waals surface area contributed by atoms with Crippen molar-refractivity contribution in [2.45, 2.75) is 0 Å². The molecular weight excluding hydrogens is 306 g/mol. The molecule has 2 heteroatoms. The zero-order valence-corrected chi connectivity index (χ0v) is 13.4. The van der Waals surface area contributed by atoms with E-state index in [1.54, 1.807) is 6.20 Å². The monoisotopic (exact) mass is 320 g/mol. The van der Waals surface area contributed by atoms with Crippen molar-refractivity contribution in [1.82, 2.24) is 4.98 Å². The summed E-state index contributed by atoms with van der Waals surface area (Å²) in [6, 6.07) is 27.9. The number of furan rings is 1. The lowest BCUT2D eigenvalue weighted by Gasteiger charge is -2.02. The second-order valence-corrected chi connectivity index (χ2v) is 6.04. The number of hydrogen-bond acceptors (Lipinski definition) is 2. The zero-order chi connectivity index (χ0) is 16.6. The van der Waals surface area contributed by atoms with Crippen LogP contribution >= 0.6 is 0 Å². The predicted octanol–water partition coefficient (Wildman–Crippen LogP) is 6.12. The van der Waals surface area contributed by atoms with E-state index >= 15 is 0 Å². The molecule has 5 aromatic rings. The molecule has 2 aromatic heterocycles. The van der Waals surface area contributed by atoms with Crippen molar-refractivity contribution >= 4 is 21.9 Å². The highest BCUT2D eigenvalue weighted by atomic mass is 16.3. The topological polar surface area (TPSA) is 26.0 Å².